The predicted octanol–water partition coefficient (Wildman–Crippen LogP) is 3.10. The number of carbonyl (C=O) groups excluding carboxylic acids is 1. The van der Waals surface area contributed by atoms with Crippen LogP contribution in [0.5, 0.6) is 0 Å². The summed E-state index contributed by atoms with van der Waals surface area (Å²) in [6, 6.07) is 19.7. The lowest BCUT2D eigenvalue weighted by molar-refractivity contribution is -0.145. The van der Waals surface area contributed by atoms with Crippen LogP contribution in [0.3, 0.4) is 0 Å². The molecule has 0 atom stereocenters. The second-order valence-corrected chi connectivity index (χ2v) is 6.60. The zero-order chi connectivity index (χ0) is 18.5. The monoisotopic (exact) mass is 363 g/mol. The normalized spacial score (nSPS) is 14.1. The fraction of sp³-hybridized carbons (Fsp3) is 0.286. The second kappa shape index (κ2) is 8.14. The molecular weight excluding hydrogens is 342 g/mol. The molecule has 0 spiro atoms. The molecule has 0 aliphatic carbocycles. The minimum absolute atomic E-state index is 0.0917. The van der Waals surface area contributed by atoms with Gasteiger partial charge in [0.2, 0.25) is 17.6 Å². The molecule has 6 heteroatoms. The maximum atomic E-state index is 12.3. The molecule has 138 valence electrons. The number of amides is 1. The first-order valence-corrected chi connectivity index (χ1v) is 9.09. The van der Waals surface area contributed by atoms with Gasteiger partial charge in [0.25, 0.3) is 0 Å². The van der Waals surface area contributed by atoms with E-state index in [0.717, 1.165) is 11.1 Å². The molecule has 1 amide bonds. The van der Waals surface area contributed by atoms with Gasteiger partial charge in [-0.1, -0.05) is 65.8 Å². The average molecular weight is 363 g/mol. The highest BCUT2D eigenvalue weighted by atomic mass is 16.5. The lowest BCUT2D eigenvalue weighted by Gasteiger charge is -2.39. The molecule has 0 bridgehead atoms. The predicted molar refractivity (Wildman–Crippen MR) is 99.7 cm³/mol. The van der Waals surface area contributed by atoms with Gasteiger partial charge in [0, 0.05) is 31.5 Å². The first-order chi connectivity index (χ1) is 13.3. The Balaban J connectivity index is 1.19. The van der Waals surface area contributed by atoms with Crippen LogP contribution in [-0.2, 0) is 22.6 Å². The van der Waals surface area contributed by atoms with Crippen LogP contribution in [0.4, 0.5) is 0 Å². The van der Waals surface area contributed by atoms with E-state index in [1.54, 1.807) is 0 Å². The third-order valence-electron chi connectivity index (χ3n) is 4.58. The van der Waals surface area contributed by atoms with Gasteiger partial charge in [-0.25, -0.2) is 0 Å². The number of likely N-dealkylation sites (tertiary alicyclic amines) is 1. The lowest BCUT2D eigenvalue weighted by Crippen LogP contribution is -2.54. The van der Waals surface area contributed by atoms with Gasteiger partial charge in [0.15, 0.2) is 0 Å². The Morgan fingerprint density at radius 3 is 2.52 bits per heavy atom. The SMILES string of the molecule is O=C(CCc1nc(-c2ccccc2)no1)N1CC(OCc2ccccc2)C1. The first-order valence-electron chi connectivity index (χ1n) is 9.09. The van der Waals surface area contributed by atoms with Crippen molar-refractivity contribution < 1.29 is 14.1 Å². The van der Waals surface area contributed by atoms with Crippen molar-refractivity contribution in [3.8, 4) is 11.4 Å². The van der Waals surface area contributed by atoms with Gasteiger partial charge in [-0.3, -0.25) is 4.79 Å². The Hall–Kier alpha value is -2.99. The molecule has 0 saturated carbocycles. The Morgan fingerprint density at radius 1 is 1.07 bits per heavy atom. The van der Waals surface area contributed by atoms with Crippen molar-refractivity contribution >= 4 is 5.91 Å². The van der Waals surface area contributed by atoms with Gasteiger partial charge >= 0.3 is 0 Å². The second-order valence-electron chi connectivity index (χ2n) is 6.60. The molecule has 6 nitrogen and oxygen atoms in total. The van der Waals surface area contributed by atoms with Crippen LogP contribution in [0.15, 0.2) is 65.2 Å². The van der Waals surface area contributed by atoms with E-state index in [2.05, 4.69) is 10.1 Å². The minimum atomic E-state index is 0.0917. The molecule has 0 unspecified atom stereocenters. The molecule has 1 aliphatic rings. The molecule has 4 rings (SSSR count). The van der Waals surface area contributed by atoms with Crippen LogP contribution in [0, 0.1) is 0 Å². The molecule has 0 N–H and O–H groups in total. The van der Waals surface area contributed by atoms with Crippen molar-refractivity contribution in [2.75, 3.05) is 13.1 Å². The van der Waals surface area contributed by atoms with E-state index in [1.165, 1.54) is 0 Å². The number of nitrogens with zero attached hydrogens (tertiary/aromatic N) is 3. The van der Waals surface area contributed by atoms with E-state index < -0.39 is 0 Å². The summed E-state index contributed by atoms with van der Waals surface area (Å²) >= 11 is 0. The van der Waals surface area contributed by atoms with Crippen LogP contribution in [0.25, 0.3) is 11.4 Å². The maximum Gasteiger partial charge on any atom is 0.227 e. The topological polar surface area (TPSA) is 68.5 Å². The van der Waals surface area contributed by atoms with Crippen molar-refractivity contribution in [1.82, 2.24) is 15.0 Å². The number of aromatic nitrogens is 2. The van der Waals surface area contributed by atoms with Gasteiger partial charge in [-0.2, -0.15) is 4.98 Å². The highest BCUT2D eigenvalue weighted by Gasteiger charge is 2.31. The summed E-state index contributed by atoms with van der Waals surface area (Å²) in [6.07, 6.45) is 0.925. The average Bonchev–Trinajstić information content (AvgIpc) is 3.16. The molecule has 27 heavy (non-hydrogen) atoms. The summed E-state index contributed by atoms with van der Waals surface area (Å²) in [5.74, 6) is 1.13. The quantitative estimate of drug-likeness (QED) is 0.645. The largest absolute Gasteiger partial charge is 0.370 e. The van der Waals surface area contributed by atoms with Gasteiger partial charge in [0.05, 0.1) is 12.7 Å². The van der Waals surface area contributed by atoms with Gasteiger partial charge in [0.1, 0.15) is 0 Å². The zero-order valence-corrected chi connectivity index (χ0v) is 15.0. The zero-order valence-electron chi connectivity index (χ0n) is 15.0. The van der Waals surface area contributed by atoms with Gasteiger partial charge in [-0.15, -0.1) is 0 Å². The molecule has 1 saturated heterocycles. The Morgan fingerprint density at radius 2 is 1.78 bits per heavy atom. The molecule has 0 radical (unpaired) electrons. The van der Waals surface area contributed by atoms with E-state index in [-0.39, 0.29) is 12.0 Å². The van der Waals surface area contributed by atoms with E-state index in [1.807, 2.05) is 65.6 Å². The molecular formula is C21H21N3O3. The molecule has 3 aromatic rings. The maximum absolute atomic E-state index is 12.3. The van der Waals surface area contributed by atoms with E-state index in [0.29, 0.717) is 44.3 Å². The number of benzene rings is 2. The highest BCUT2D eigenvalue weighted by molar-refractivity contribution is 5.77. The number of ether oxygens (including phenoxy) is 1. The smallest absolute Gasteiger partial charge is 0.227 e. The Kier molecular flexibility index (Phi) is 5.25. The third kappa shape index (κ3) is 4.41. The van der Waals surface area contributed by atoms with Crippen LogP contribution in [-0.4, -0.2) is 40.1 Å². The molecule has 2 aromatic carbocycles. The van der Waals surface area contributed by atoms with Crippen LogP contribution in [0.1, 0.15) is 17.9 Å². The lowest BCUT2D eigenvalue weighted by atomic mass is 10.1. The van der Waals surface area contributed by atoms with Crippen LogP contribution >= 0.6 is 0 Å². The summed E-state index contributed by atoms with van der Waals surface area (Å²) in [6.45, 7) is 1.87. The van der Waals surface area contributed by atoms with Crippen molar-refractivity contribution in [1.29, 1.82) is 0 Å². The summed E-state index contributed by atoms with van der Waals surface area (Å²) in [7, 11) is 0. The highest BCUT2D eigenvalue weighted by Crippen LogP contribution is 2.18. The van der Waals surface area contributed by atoms with E-state index in [9.17, 15) is 4.79 Å². The van der Waals surface area contributed by atoms with Crippen LogP contribution < -0.4 is 0 Å². The Bertz CT molecular complexity index is 874. The molecule has 1 fully saturated rings. The van der Waals surface area contributed by atoms with E-state index in [4.69, 9.17) is 9.26 Å². The molecule has 2 heterocycles. The summed E-state index contributed by atoms with van der Waals surface area (Å²) in [5.41, 5.74) is 2.05. The van der Waals surface area contributed by atoms with Crippen molar-refractivity contribution in [3.63, 3.8) is 0 Å². The number of hydrogen-bond donors (Lipinski definition) is 0. The van der Waals surface area contributed by atoms with Crippen LogP contribution in [0.2, 0.25) is 0 Å². The van der Waals surface area contributed by atoms with Crippen molar-refractivity contribution in [2.45, 2.75) is 25.6 Å². The number of rotatable bonds is 7. The molecule has 1 aliphatic heterocycles. The summed E-state index contributed by atoms with van der Waals surface area (Å²) in [5, 5.41) is 3.98. The van der Waals surface area contributed by atoms with Gasteiger partial charge < -0.3 is 14.2 Å². The Labute approximate surface area is 157 Å². The summed E-state index contributed by atoms with van der Waals surface area (Å²) < 4.78 is 11.1. The minimum Gasteiger partial charge on any atom is -0.370 e. The fourth-order valence-corrected chi connectivity index (χ4v) is 2.97. The number of hydrogen-bond acceptors (Lipinski definition) is 5. The fourth-order valence-electron chi connectivity index (χ4n) is 2.97. The van der Waals surface area contributed by atoms with E-state index >= 15 is 0 Å². The number of aryl methyl sites for hydroxylation is 1. The molecule has 1 aromatic heterocycles. The standard InChI is InChI=1S/C21H21N3O3/c25-20(24-13-18(14-24)26-15-16-7-3-1-4-8-16)12-11-19-22-21(23-27-19)17-9-5-2-6-10-17/h1-10,18H,11-15H2. The first kappa shape index (κ1) is 17.4. The van der Waals surface area contributed by atoms with Crippen molar-refractivity contribution in [2.24, 2.45) is 0 Å². The third-order valence-corrected chi connectivity index (χ3v) is 4.58. The number of carbonyl (C=O) groups is 1. The van der Waals surface area contributed by atoms with Gasteiger partial charge in [-0.05, 0) is 5.56 Å². The van der Waals surface area contributed by atoms with Crippen molar-refractivity contribution in [3.05, 3.63) is 72.1 Å². The summed E-state index contributed by atoms with van der Waals surface area (Å²) in [4.78, 5) is 18.4.